The second kappa shape index (κ2) is 5.78. The van der Waals surface area contributed by atoms with Gasteiger partial charge in [0.05, 0.1) is 5.56 Å². The number of halogens is 3. The lowest BCUT2D eigenvalue weighted by atomic mass is 10.2. The summed E-state index contributed by atoms with van der Waals surface area (Å²) in [7, 11) is 0. The van der Waals surface area contributed by atoms with Gasteiger partial charge in [-0.3, -0.25) is 4.79 Å². The maximum absolute atomic E-state index is 12.1. The number of hydrogen-bond acceptors (Lipinski definition) is 2. The number of carbonyl (C=O) groups excluding carboxylic acids is 1. The van der Waals surface area contributed by atoms with Crippen molar-refractivity contribution in [3.63, 3.8) is 0 Å². The van der Waals surface area contributed by atoms with Crippen LogP contribution in [0.15, 0.2) is 30.3 Å². The number of nitrogens with one attached hydrogen (secondary N) is 1. The Morgan fingerprint density at radius 1 is 1.16 bits per heavy atom. The first-order chi connectivity index (χ1) is 8.97. The normalized spacial score (nSPS) is 10.3. The predicted octanol–water partition coefficient (Wildman–Crippen LogP) is 4.60. The Morgan fingerprint density at radius 2 is 1.89 bits per heavy atom. The zero-order chi connectivity index (χ0) is 14.0. The van der Waals surface area contributed by atoms with E-state index < -0.39 is 0 Å². The number of pyridine rings is 1. The molecule has 1 heterocycles. The molecule has 2 aromatic rings. The summed E-state index contributed by atoms with van der Waals surface area (Å²) >= 11 is 17.5. The second-order valence-corrected chi connectivity index (χ2v) is 5.07. The molecule has 0 radical (unpaired) electrons. The smallest absolute Gasteiger partial charge is 0.258 e. The van der Waals surface area contributed by atoms with Crippen molar-refractivity contribution < 1.29 is 4.79 Å². The second-order valence-electron chi connectivity index (χ2n) is 3.89. The molecule has 2 rings (SSSR count). The molecular weight excluding hydrogens is 307 g/mol. The Bertz CT molecular complexity index is 644. The summed E-state index contributed by atoms with van der Waals surface area (Å²) in [5.41, 5.74) is 1.78. The number of amides is 1. The van der Waals surface area contributed by atoms with Crippen LogP contribution in [0.4, 0.5) is 5.69 Å². The fourth-order valence-electron chi connectivity index (χ4n) is 1.50. The molecular formula is C13H9Cl3N2O. The number of rotatable bonds is 2. The minimum Gasteiger partial charge on any atom is -0.322 e. The van der Waals surface area contributed by atoms with Crippen molar-refractivity contribution >= 4 is 46.4 Å². The third-order valence-electron chi connectivity index (χ3n) is 2.51. The molecule has 3 nitrogen and oxygen atoms in total. The minimum absolute atomic E-state index is 0.0599. The largest absolute Gasteiger partial charge is 0.322 e. The number of nitrogens with zero attached hydrogens (tertiary/aromatic N) is 1. The van der Waals surface area contributed by atoms with Crippen LogP contribution in [0, 0.1) is 6.92 Å². The van der Waals surface area contributed by atoms with Gasteiger partial charge < -0.3 is 5.32 Å². The Morgan fingerprint density at radius 3 is 2.58 bits per heavy atom. The summed E-state index contributed by atoms with van der Waals surface area (Å²) in [6, 6.07) is 8.27. The first-order valence-corrected chi connectivity index (χ1v) is 6.50. The van der Waals surface area contributed by atoms with E-state index >= 15 is 0 Å². The first-order valence-electron chi connectivity index (χ1n) is 5.37. The molecule has 19 heavy (non-hydrogen) atoms. The van der Waals surface area contributed by atoms with E-state index in [1.807, 2.05) is 13.0 Å². The van der Waals surface area contributed by atoms with Crippen molar-refractivity contribution in [3.05, 3.63) is 56.8 Å². The Hall–Kier alpha value is -1.29. The van der Waals surface area contributed by atoms with Crippen LogP contribution in [0.3, 0.4) is 0 Å². The van der Waals surface area contributed by atoms with E-state index in [-0.39, 0.29) is 21.8 Å². The first kappa shape index (κ1) is 14.1. The average Bonchev–Trinajstić information content (AvgIpc) is 2.33. The van der Waals surface area contributed by atoms with Crippen LogP contribution in [-0.4, -0.2) is 10.9 Å². The molecule has 1 amide bonds. The summed E-state index contributed by atoms with van der Waals surface area (Å²) in [6.07, 6.45) is 0. The molecule has 0 atom stereocenters. The maximum atomic E-state index is 12.1. The molecule has 1 N–H and O–H groups in total. The lowest BCUT2D eigenvalue weighted by molar-refractivity contribution is 0.102. The van der Waals surface area contributed by atoms with Crippen LogP contribution in [-0.2, 0) is 0 Å². The fraction of sp³-hybridized carbons (Fsp3) is 0.0769. The van der Waals surface area contributed by atoms with Gasteiger partial charge in [-0.05, 0) is 36.8 Å². The van der Waals surface area contributed by atoms with Crippen LogP contribution in [0.1, 0.15) is 15.9 Å². The van der Waals surface area contributed by atoms with Crippen molar-refractivity contribution in [2.24, 2.45) is 0 Å². The van der Waals surface area contributed by atoms with Crippen LogP contribution in [0.25, 0.3) is 0 Å². The molecule has 0 saturated heterocycles. The van der Waals surface area contributed by atoms with E-state index in [1.165, 1.54) is 12.1 Å². The predicted molar refractivity (Wildman–Crippen MR) is 78.4 cm³/mol. The van der Waals surface area contributed by atoms with Gasteiger partial charge in [-0.2, -0.15) is 0 Å². The molecule has 98 valence electrons. The number of hydrogen-bond donors (Lipinski definition) is 1. The highest BCUT2D eigenvalue weighted by Gasteiger charge is 2.13. The number of aromatic nitrogens is 1. The summed E-state index contributed by atoms with van der Waals surface area (Å²) < 4.78 is 0. The Kier molecular flexibility index (Phi) is 4.30. The fourth-order valence-corrected chi connectivity index (χ4v) is 2.10. The molecule has 0 aliphatic rings. The van der Waals surface area contributed by atoms with Gasteiger partial charge in [0.2, 0.25) is 0 Å². The van der Waals surface area contributed by atoms with Crippen molar-refractivity contribution in [1.82, 2.24) is 4.98 Å². The molecule has 0 aliphatic carbocycles. The molecule has 1 aromatic heterocycles. The molecule has 0 unspecified atom stereocenters. The van der Waals surface area contributed by atoms with Crippen molar-refractivity contribution in [2.75, 3.05) is 5.32 Å². The third kappa shape index (κ3) is 3.38. The van der Waals surface area contributed by atoms with E-state index in [9.17, 15) is 4.79 Å². The average molecular weight is 316 g/mol. The van der Waals surface area contributed by atoms with Crippen LogP contribution in [0.5, 0.6) is 0 Å². The number of benzene rings is 1. The monoisotopic (exact) mass is 314 g/mol. The lowest BCUT2D eigenvalue weighted by Gasteiger charge is -2.09. The topological polar surface area (TPSA) is 42.0 Å². The standard InChI is InChI=1S/C13H9Cl3N2O/c1-7-2-3-8(14)6-10(7)17-13(19)9-4-5-11(15)18-12(9)16/h2-6H,1H3,(H,17,19). The van der Waals surface area contributed by atoms with Crippen LogP contribution in [0.2, 0.25) is 15.3 Å². The highest BCUT2D eigenvalue weighted by Crippen LogP contribution is 2.22. The molecule has 0 saturated carbocycles. The highest BCUT2D eigenvalue weighted by atomic mass is 35.5. The summed E-state index contributed by atoms with van der Waals surface area (Å²) in [4.78, 5) is 15.9. The minimum atomic E-state index is -0.362. The molecule has 1 aromatic carbocycles. The Balaban J connectivity index is 2.28. The van der Waals surface area contributed by atoms with Crippen LogP contribution < -0.4 is 5.32 Å². The van der Waals surface area contributed by atoms with Crippen molar-refractivity contribution in [1.29, 1.82) is 0 Å². The highest BCUT2D eigenvalue weighted by molar-refractivity contribution is 6.35. The van der Waals surface area contributed by atoms with Gasteiger partial charge in [0.1, 0.15) is 10.3 Å². The summed E-state index contributed by atoms with van der Waals surface area (Å²) in [6.45, 7) is 1.87. The molecule has 0 bridgehead atoms. The van der Waals surface area contributed by atoms with Gasteiger partial charge in [0.25, 0.3) is 5.91 Å². The van der Waals surface area contributed by atoms with Gasteiger partial charge in [-0.15, -0.1) is 0 Å². The van der Waals surface area contributed by atoms with E-state index in [2.05, 4.69) is 10.3 Å². The molecule has 0 fully saturated rings. The molecule has 0 spiro atoms. The quantitative estimate of drug-likeness (QED) is 0.823. The van der Waals surface area contributed by atoms with Crippen molar-refractivity contribution in [3.8, 4) is 0 Å². The molecule has 6 heteroatoms. The summed E-state index contributed by atoms with van der Waals surface area (Å²) in [5.74, 6) is -0.362. The van der Waals surface area contributed by atoms with E-state index in [0.29, 0.717) is 10.7 Å². The zero-order valence-electron chi connectivity index (χ0n) is 9.88. The number of anilines is 1. The van der Waals surface area contributed by atoms with Crippen molar-refractivity contribution in [2.45, 2.75) is 6.92 Å². The van der Waals surface area contributed by atoms with Gasteiger partial charge in [0, 0.05) is 10.7 Å². The van der Waals surface area contributed by atoms with E-state index in [0.717, 1.165) is 5.56 Å². The number of aryl methyl sites for hydroxylation is 1. The lowest BCUT2D eigenvalue weighted by Crippen LogP contribution is -2.13. The molecule has 0 aliphatic heterocycles. The third-order valence-corrected chi connectivity index (χ3v) is 3.24. The Labute approximate surface area is 125 Å². The van der Waals surface area contributed by atoms with Gasteiger partial charge >= 0.3 is 0 Å². The van der Waals surface area contributed by atoms with Gasteiger partial charge in [-0.1, -0.05) is 40.9 Å². The van der Waals surface area contributed by atoms with E-state index in [4.69, 9.17) is 34.8 Å². The SMILES string of the molecule is Cc1ccc(Cl)cc1NC(=O)c1ccc(Cl)nc1Cl. The maximum Gasteiger partial charge on any atom is 0.258 e. The van der Waals surface area contributed by atoms with Gasteiger partial charge in [-0.25, -0.2) is 4.98 Å². The van der Waals surface area contributed by atoms with E-state index in [1.54, 1.807) is 12.1 Å². The summed E-state index contributed by atoms with van der Waals surface area (Å²) in [5, 5.41) is 3.58. The zero-order valence-corrected chi connectivity index (χ0v) is 12.1. The van der Waals surface area contributed by atoms with Crippen LogP contribution >= 0.6 is 34.8 Å². The van der Waals surface area contributed by atoms with Gasteiger partial charge in [0.15, 0.2) is 0 Å². The number of carbonyl (C=O) groups is 1.